The van der Waals surface area contributed by atoms with Crippen molar-refractivity contribution >= 4 is 17.6 Å². The van der Waals surface area contributed by atoms with Crippen LogP contribution in [0.25, 0.3) is 0 Å². The van der Waals surface area contributed by atoms with Gasteiger partial charge in [-0.05, 0) is 0 Å². The largest absolute Gasteiger partial charge is 0.393 e. The number of aromatic nitrogens is 2. The molecule has 1 aliphatic heterocycles. The molecular weight excluding hydrogens is 237 g/mol. The second-order valence-corrected chi connectivity index (χ2v) is 4.31. The van der Waals surface area contributed by atoms with Gasteiger partial charge in [0, 0.05) is 11.9 Å². The average Bonchev–Trinajstić information content (AvgIpc) is 2.71. The van der Waals surface area contributed by atoms with Gasteiger partial charge in [-0.15, -0.1) is 11.8 Å². The monoisotopic (exact) mass is 247 g/mol. The number of ether oxygens (including phenoxy) is 1. The van der Waals surface area contributed by atoms with Gasteiger partial charge in [0.2, 0.25) is 0 Å². The maximum absolute atomic E-state index is 13.2. The number of thioether (sulfide) groups is 1. The van der Waals surface area contributed by atoms with Crippen molar-refractivity contribution in [2.45, 2.75) is 11.7 Å². The lowest BCUT2D eigenvalue weighted by atomic mass is 10.5. The molecule has 0 bridgehead atoms. The van der Waals surface area contributed by atoms with E-state index in [2.05, 4.69) is 15.3 Å². The lowest BCUT2D eigenvalue weighted by Gasteiger charge is -2.13. The van der Waals surface area contributed by atoms with Crippen LogP contribution in [-0.2, 0) is 4.74 Å². The maximum Gasteiger partial charge on any atom is 0.347 e. The predicted molar refractivity (Wildman–Crippen MR) is 56.6 cm³/mol. The third-order valence-corrected chi connectivity index (χ3v) is 3.09. The number of anilines is 1. The van der Waals surface area contributed by atoms with Crippen LogP contribution < -0.4 is 11.0 Å². The minimum Gasteiger partial charge on any atom is -0.393 e. The summed E-state index contributed by atoms with van der Waals surface area (Å²) < 4.78 is 18.5. The van der Waals surface area contributed by atoms with Crippen molar-refractivity contribution in [3.8, 4) is 0 Å². The van der Waals surface area contributed by atoms with Gasteiger partial charge in [0.15, 0.2) is 11.6 Å². The van der Waals surface area contributed by atoms with Gasteiger partial charge >= 0.3 is 5.69 Å². The summed E-state index contributed by atoms with van der Waals surface area (Å²) in [4.78, 5) is 16.4. The molecular formula is C8H10FN3O3S. The molecule has 2 heterocycles. The van der Waals surface area contributed by atoms with Crippen LogP contribution >= 0.6 is 11.8 Å². The standard InChI is InChI=1S/C8H10FN3O3S/c9-4-1-10-8(14)12-7(4)11-5-3-16-6(2-13)15-5/h1,5-6,13H,2-3H2,(H2,10,11,12,14). The highest BCUT2D eigenvalue weighted by atomic mass is 32.2. The number of H-pyrrole nitrogens is 1. The Hall–Kier alpha value is -1.12. The van der Waals surface area contributed by atoms with E-state index in [-0.39, 0.29) is 17.9 Å². The first-order chi connectivity index (χ1) is 7.69. The van der Waals surface area contributed by atoms with E-state index in [0.717, 1.165) is 6.20 Å². The Bertz CT molecular complexity index is 427. The average molecular weight is 247 g/mol. The summed E-state index contributed by atoms with van der Waals surface area (Å²) in [5.74, 6) is -0.243. The second-order valence-electron chi connectivity index (χ2n) is 3.12. The molecule has 1 fully saturated rings. The number of rotatable bonds is 3. The van der Waals surface area contributed by atoms with Gasteiger partial charge in [0.1, 0.15) is 11.7 Å². The minimum absolute atomic E-state index is 0.103. The van der Waals surface area contributed by atoms with Gasteiger partial charge in [0.25, 0.3) is 0 Å². The van der Waals surface area contributed by atoms with Crippen LogP contribution in [0, 0.1) is 5.82 Å². The Morgan fingerprint density at radius 2 is 2.62 bits per heavy atom. The molecule has 1 aliphatic rings. The second kappa shape index (κ2) is 4.81. The minimum atomic E-state index is -0.652. The highest BCUT2D eigenvalue weighted by Crippen LogP contribution is 2.25. The molecule has 88 valence electrons. The van der Waals surface area contributed by atoms with Gasteiger partial charge < -0.3 is 20.1 Å². The van der Waals surface area contributed by atoms with Crippen LogP contribution in [0.3, 0.4) is 0 Å². The molecule has 1 aromatic heterocycles. The van der Waals surface area contributed by atoms with Crippen LogP contribution in [0.15, 0.2) is 11.0 Å². The molecule has 8 heteroatoms. The summed E-state index contributed by atoms with van der Waals surface area (Å²) >= 11 is 1.41. The molecule has 2 unspecified atom stereocenters. The van der Waals surface area contributed by atoms with Crippen molar-refractivity contribution in [1.82, 2.24) is 9.97 Å². The molecule has 0 amide bonds. The van der Waals surface area contributed by atoms with Crippen molar-refractivity contribution in [2.75, 3.05) is 17.7 Å². The zero-order valence-corrected chi connectivity index (χ0v) is 8.96. The molecule has 0 aromatic carbocycles. The fourth-order valence-electron chi connectivity index (χ4n) is 1.26. The van der Waals surface area contributed by atoms with Gasteiger partial charge in [-0.25, -0.2) is 9.18 Å². The van der Waals surface area contributed by atoms with Gasteiger partial charge in [-0.1, -0.05) is 0 Å². The van der Waals surface area contributed by atoms with Crippen LogP contribution in [0.5, 0.6) is 0 Å². The number of aliphatic hydroxyl groups is 1. The van der Waals surface area contributed by atoms with E-state index in [1.165, 1.54) is 11.8 Å². The lowest BCUT2D eigenvalue weighted by Crippen LogP contribution is -2.26. The van der Waals surface area contributed by atoms with Crippen molar-refractivity contribution in [3.05, 3.63) is 22.5 Å². The van der Waals surface area contributed by atoms with Crippen molar-refractivity contribution < 1.29 is 14.2 Å². The number of halogens is 1. The van der Waals surface area contributed by atoms with Crippen LogP contribution in [0.2, 0.25) is 0 Å². The number of nitrogens with zero attached hydrogens (tertiary/aromatic N) is 1. The van der Waals surface area contributed by atoms with Gasteiger partial charge in [-0.2, -0.15) is 4.98 Å². The Morgan fingerprint density at radius 1 is 1.81 bits per heavy atom. The van der Waals surface area contributed by atoms with Crippen LogP contribution in [0.1, 0.15) is 0 Å². The van der Waals surface area contributed by atoms with Crippen molar-refractivity contribution in [3.63, 3.8) is 0 Å². The highest BCUT2D eigenvalue weighted by Gasteiger charge is 2.26. The molecule has 1 aromatic rings. The third kappa shape index (κ3) is 2.52. The first-order valence-electron chi connectivity index (χ1n) is 4.58. The molecule has 0 saturated carbocycles. The summed E-state index contributed by atoms with van der Waals surface area (Å²) in [6.45, 7) is -0.103. The van der Waals surface area contributed by atoms with E-state index in [1.54, 1.807) is 0 Å². The zero-order chi connectivity index (χ0) is 11.5. The number of aliphatic hydroxyl groups excluding tert-OH is 1. The Balaban J connectivity index is 2.04. The zero-order valence-electron chi connectivity index (χ0n) is 8.14. The molecule has 0 radical (unpaired) electrons. The molecule has 2 atom stereocenters. The van der Waals surface area contributed by atoms with Crippen molar-refractivity contribution in [2.24, 2.45) is 0 Å². The highest BCUT2D eigenvalue weighted by molar-refractivity contribution is 8.00. The maximum atomic E-state index is 13.2. The first kappa shape index (κ1) is 11.4. The van der Waals surface area contributed by atoms with E-state index in [9.17, 15) is 9.18 Å². The lowest BCUT2D eigenvalue weighted by molar-refractivity contribution is 0.0485. The molecule has 2 rings (SSSR count). The summed E-state index contributed by atoms with van der Waals surface area (Å²) in [6, 6.07) is 0. The fraction of sp³-hybridized carbons (Fsp3) is 0.500. The molecule has 0 spiro atoms. The third-order valence-electron chi connectivity index (χ3n) is 1.96. The molecule has 16 heavy (non-hydrogen) atoms. The van der Waals surface area contributed by atoms with E-state index in [4.69, 9.17) is 9.84 Å². The Morgan fingerprint density at radius 3 is 3.31 bits per heavy atom. The van der Waals surface area contributed by atoms with Gasteiger partial charge in [-0.3, -0.25) is 0 Å². The quantitative estimate of drug-likeness (QED) is 0.681. The SMILES string of the molecule is O=c1nc(NC2CSC(CO)O2)c(F)c[nH]1. The summed E-state index contributed by atoms with van der Waals surface area (Å²) in [5.41, 5.74) is -0.948. The van der Waals surface area contributed by atoms with Crippen molar-refractivity contribution in [1.29, 1.82) is 0 Å². The number of hydrogen-bond donors (Lipinski definition) is 3. The Labute approximate surface area is 94.2 Å². The molecule has 0 aliphatic carbocycles. The van der Waals surface area contributed by atoms with Crippen LogP contribution in [0.4, 0.5) is 10.2 Å². The summed E-state index contributed by atoms with van der Waals surface area (Å²) in [7, 11) is 0. The summed E-state index contributed by atoms with van der Waals surface area (Å²) in [5, 5.41) is 11.5. The molecule has 1 saturated heterocycles. The number of aromatic amines is 1. The summed E-state index contributed by atoms with van der Waals surface area (Å²) in [6.07, 6.45) is 0.481. The molecule has 3 N–H and O–H groups in total. The van der Waals surface area contributed by atoms with E-state index < -0.39 is 17.7 Å². The Kier molecular flexibility index (Phi) is 3.42. The first-order valence-corrected chi connectivity index (χ1v) is 5.63. The predicted octanol–water partition coefficient (Wildman–Crippen LogP) is -0.271. The van der Waals surface area contributed by atoms with E-state index >= 15 is 0 Å². The topological polar surface area (TPSA) is 87.2 Å². The van der Waals surface area contributed by atoms with Crippen LogP contribution in [-0.4, -0.2) is 39.1 Å². The van der Waals surface area contributed by atoms with E-state index in [0.29, 0.717) is 5.75 Å². The fourth-order valence-corrected chi connectivity index (χ4v) is 2.13. The normalized spacial score (nSPS) is 24.6. The number of nitrogens with one attached hydrogen (secondary N) is 2. The van der Waals surface area contributed by atoms with Gasteiger partial charge in [0.05, 0.1) is 6.61 Å². The van der Waals surface area contributed by atoms with E-state index in [1.807, 2.05) is 0 Å². The number of hydrogen-bond acceptors (Lipinski definition) is 6. The smallest absolute Gasteiger partial charge is 0.347 e. The molecule has 6 nitrogen and oxygen atoms in total.